The first-order chi connectivity index (χ1) is 15.3. The molecule has 0 bridgehead atoms. The number of rotatable bonds is 8. The van der Waals surface area contributed by atoms with Gasteiger partial charge < -0.3 is 21.5 Å². The number of fused-ring (bicyclic) bond motifs is 1. The molecule has 1 aliphatic carbocycles. The number of halogens is 2. The van der Waals surface area contributed by atoms with Crippen LogP contribution >= 0.6 is 0 Å². The van der Waals surface area contributed by atoms with Gasteiger partial charge >= 0.3 is 0 Å². The first-order valence-electron chi connectivity index (χ1n) is 9.99. The van der Waals surface area contributed by atoms with Crippen LogP contribution in [0.3, 0.4) is 0 Å². The Balaban J connectivity index is 1.61. The first kappa shape index (κ1) is 21.6. The summed E-state index contributed by atoms with van der Waals surface area (Å²) in [5.41, 5.74) is 7.17. The number of aliphatic hydroxyl groups excluding tert-OH is 1. The van der Waals surface area contributed by atoms with Gasteiger partial charge in [0.25, 0.3) is 11.8 Å². The molecule has 5 N–H and O–H groups in total. The second-order valence-corrected chi connectivity index (χ2v) is 7.63. The Hall–Kier alpha value is -3.66. The summed E-state index contributed by atoms with van der Waals surface area (Å²) in [5, 5.41) is 15.9. The number of carbonyl (C=O) groups is 2. The number of amides is 2. The monoisotopic (exact) mass is 441 g/mol. The predicted octanol–water partition coefficient (Wildman–Crippen LogP) is 2.86. The number of nitrogens with zero attached hydrogens (tertiary/aromatic N) is 2. The molecule has 4 rings (SSSR count). The number of anilines is 2. The fraction of sp³-hybridized carbons (Fsp3) is 0.273. The van der Waals surface area contributed by atoms with E-state index in [1.54, 1.807) is 42.5 Å². The molecule has 0 saturated heterocycles. The third kappa shape index (κ3) is 4.35. The van der Waals surface area contributed by atoms with Gasteiger partial charge in [-0.05, 0) is 36.2 Å². The van der Waals surface area contributed by atoms with Crippen LogP contribution in [-0.4, -0.2) is 39.4 Å². The van der Waals surface area contributed by atoms with E-state index < -0.39 is 36.1 Å². The van der Waals surface area contributed by atoms with Gasteiger partial charge in [0.15, 0.2) is 0 Å². The minimum atomic E-state index is -2.94. The van der Waals surface area contributed by atoms with Crippen molar-refractivity contribution in [3.05, 3.63) is 59.9 Å². The molecular weight excluding hydrogens is 420 g/mol. The van der Waals surface area contributed by atoms with Crippen molar-refractivity contribution in [2.45, 2.75) is 24.8 Å². The highest BCUT2D eigenvalue weighted by Gasteiger charge is 2.61. The Labute approximate surface area is 181 Å². The largest absolute Gasteiger partial charge is 0.396 e. The molecule has 2 aromatic carbocycles. The molecule has 3 aromatic rings. The SMILES string of the molecule is NC(=O)c1cccc2c(NC(CCO)c3cccc(NC(=O)C4CC4(F)F)c3)ncnc12. The van der Waals surface area contributed by atoms with Crippen LogP contribution in [0.15, 0.2) is 48.8 Å². The van der Waals surface area contributed by atoms with Gasteiger partial charge in [-0.3, -0.25) is 9.59 Å². The lowest BCUT2D eigenvalue weighted by molar-refractivity contribution is -0.119. The number of hydrogen-bond acceptors (Lipinski definition) is 6. The summed E-state index contributed by atoms with van der Waals surface area (Å²) in [6, 6.07) is 11.3. The normalized spacial score (nSPS) is 17.5. The smallest absolute Gasteiger partial charge is 0.260 e. The molecule has 2 amide bonds. The zero-order valence-electron chi connectivity index (χ0n) is 16.9. The molecule has 0 spiro atoms. The Morgan fingerprint density at radius 2 is 1.97 bits per heavy atom. The zero-order valence-corrected chi connectivity index (χ0v) is 16.9. The molecule has 166 valence electrons. The number of para-hydroxylation sites is 1. The van der Waals surface area contributed by atoms with Crippen molar-refractivity contribution in [2.24, 2.45) is 11.7 Å². The summed E-state index contributed by atoms with van der Waals surface area (Å²) >= 11 is 0. The second-order valence-electron chi connectivity index (χ2n) is 7.63. The van der Waals surface area contributed by atoms with Gasteiger partial charge in [0.2, 0.25) is 5.91 Å². The molecule has 1 aromatic heterocycles. The van der Waals surface area contributed by atoms with Crippen LogP contribution in [0, 0.1) is 5.92 Å². The minimum Gasteiger partial charge on any atom is -0.396 e. The average molecular weight is 441 g/mol. The third-order valence-electron chi connectivity index (χ3n) is 5.36. The molecule has 2 unspecified atom stereocenters. The van der Waals surface area contributed by atoms with E-state index in [-0.39, 0.29) is 12.2 Å². The van der Waals surface area contributed by atoms with E-state index in [1.807, 2.05) is 0 Å². The number of carbonyl (C=O) groups excluding carboxylic acids is 2. The molecule has 10 heteroatoms. The van der Waals surface area contributed by atoms with Gasteiger partial charge in [-0.15, -0.1) is 0 Å². The van der Waals surface area contributed by atoms with Crippen LogP contribution in [0.5, 0.6) is 0 Å². The second kappa shape index (κ2) is 8.46. The summed E-state index contributed by atoms with van der Waals surface area (Å²) in [6.45, 7) is -0.141. The number of aromatic nitrogens is 2. The van der Waals surface area contributed by atoms with Gasteiger partial charge in [0, 0.05) is 24.1 Å². The Morgan fingerprint density at radius 3 is 2.66 bits per heavy atom. The lowest BCUT2D eigenvalue weighted by atomic mass is 10.0. The molecular formula is C22H21F2N5O3. The van der Waals surface area contributed by atoms with Crippen molar-refractivity contribution in [3.63, 3.8) is 0 Å². The average Bonchev–Trinajstić information content (AvgIpc) is 3.41. The highest BCUT2D eigenvalue weighted by Crippen LogP contribution is 2.49. The van der Waals surface area contributed by atoms with Gasteiger partial charge in [-0.25, -0.2) is 18.7 Å². The maximum atomic E-state index is 13.2. The van der Waals surface area contributed by atoms with E-state index in [4.69, 9.17) is 5.73 Å². The highest BCUT2D eigenvalue weighted by molar-refractivity contribution is 6.06. The van der Waals surface area contributed by atoms with Crippen LogP contribution in [0.4, 0.5) is 20.3 Å². The van der Waals surface area contributed by atoms with Gasteiger partial charge in [-0.2, -0.15) is 0 Å². The number of hydrogen-bond donors (Lipinski definition) is 4. The molecule has 0 radical (unpaired) electrons. The Bertz CT molecular complexity index is 1190. The molecule has 1 aliphatic rings. The van der Waals surface area contributed by atoms with Crippen LogP contribution in [0.1, 0.15) is 34.8 Å². The number of benzene rings is 2. The number of aliphatic hydroxyl groups is 1. The summed E-state index contributed by atoms with van der Waals surface area (Å²) in [4.78, 5) is 32.2. The zero-order chi connectivity index (χ0) is 22.9. The minimum absolute atomic E-state index is 0.141. The summed E-state index contributed by atoms with van der Waals surface area (Å²) in [5.74, 6) is -5.15. The molecule has 0 aliphatic heterocycles. The van der Waals surface area contributed by atoms with Crippen molar-refractivity contribution in [1.82, 2.24) is 9.97 Å². The van der Waals surface area contributed by atoms with Gasteiger partial charge in [-0.1, -0.05) is 18.2 Å². The third-order valence-corrected chi connectivity index (χ3v) is 5.36. The van der Waals surface area contributed by atoms with Crippen molar-refractivity contribution in [3.8, 4) is 0 Å². The summed E-state index contributed by atoms with van der Waals surface area (Å²) in [6.07, 6.45) is 1.17. The highest BCUT2D eigenvalue weighted by atomic mass is 19.3. The lowest BCUT2D eigenvalue weighted by Crippen LogP contribution is -2.18. The van der Waals surface area contributed by atoms with Crippen molar-refractivity contribution < 1.29 is 23.5 Å². The van der Waals surface area contributed by atoms with E-state index >= 15 is 0 Å². The standard InChI is InChI=1S/C22H21F2N5O3/c23-22(24)10-16(22)21(32)28-13-4-1-3-12(9-13)17(7-8-30)29-20-15-6-2-5-14(19(25)31)18(15)26-11-27-20/h1-6,9,11,16-17,30H,7-8,10H2,(H2,25,31)(H,28,32)(H,26,27,29). The van der Waals surface area contributed by atoms with Crippen molar-refractivity contribution in [2.75, 3.05) is 17.2 Å². The number of alkyl halides is 2. The summed E-state index contributed by atoms with van der Waals surface area (Å²) < 4.78 is 26.3. The topological polar surface area (TPSA) is 130 Å². The van der Waals surface area contributed by atoms with Crippen LogP contribution in [0.25, 0.3) is 10.9 Å². The summed E-state index contributed by atoms with van der Waals surface area (Å²) in [7, 11) is 0. The first-order valence-corrected chi connectivity index (χ1v) is 9.99. The number of nitrogens with one attached hydrogen (secondary N) is 2. The molecule has 1 fully saturated rings. The van der Waals surface area contributed by atoms with E-state index in [2.05, 4.69) is 20.6 Å². The van der Waals surface area contributed by atoms with Gasteiger partial charge in [0.05, 0.1) is 17.1 Å². The molecule has 1 saturated carbocycles. The van der Waals surface area contributed by atoms with E-state index in [9.17, 15) is 23.5 Å². The van der Waals surface area contributed by atoms with Crippen LogP contribution in [0.2, 0.25) is 0 Å². The molecule has 1 heterocycles. The maximum Gasteiger partial charge on any atom is 0.260 e. The molecule has 8 nitrogen and oxygen atoms in total. The number of nitrogens with two attached hydrogens (primary N) is 1. The van der Waals surface area contributed by atoms with E-state index in [0.29, 0.717) is 34.4 Å². The van der Waals surface area contributed by atoms with E-state index in [1.165, 1.54) is 6.33 Å². The molecule has 2 atom stereocenters. The fourth-order valence-corrected chi connectivity index (χ4v) is 3.58. The maximum absolute atomic E-state index is 13.2. The molecule has 32 heavy (non-hydrogen) atoms. The number of primary amides is 1. The quantitative estimate of drug-likeness (QED) is 0.425. The Kier molecular flexibility index (Phi) is 5.70. The van der Waals surface area contributed by atoms with Gasteiger partial charge in [0.1, 0.15) is 18.1 Å². The Morgan fingerprint density at radius 1 is 1.22 bits per heavy atom. The van der Waals surface area contributed by atoms with Crippen molar-refractivity contribution >= 4 is 34.2 Å². The van der Waals surface area contributed by atoms with E-state index in [0.717, 1.165) is 0 Å². The van der Waals surface area contributed by atoms with Crippen LogP contribution in [-0.2, 0) is 4.79 Å². The lowest BCUT2D eigenvalue weighted by Gasteiger charge is -2.21. The van der Waals surface area contributed by atoms with Crippen molar-refractivity contribution in [1.29, 1.82) is 0 Å². The van der Waals surface area contributed by atoms with Crippen LogP contribution < -0.4 is 16.4 Å². The fourth-order valence-electron chi connectivity index (χ4n) is 3.58. The predicted molar refractivity (Wildman–Crippen MR) is 114 cm³/mol.